The van der Waals surface area contributed by atoms with Gasteiger partial charge in [-0.05, 0) is 36.8 Å². The fourth-order valence-electron chi connectivity index (χ4n) is 3.22. The van der Waals surface area contributed by atoms with Gasteiger partial charge in [-0.15, -0.1) is 11.3 Å². The highest BCUT2D eigenvalue weighted by Crippen LogP contribution is 2.40. The second kappa shape index (κ2) is 9.05. The van der Waals surface area contributed by atoms with Crippen molar-refractivity contribution < 1.29 is 18.7 Å². The number of hydrogen-bond acceptors (Lipinski definition) is 8. The first-order chi connectivity index (χ1) is 15.1. The van der Waals surface area contributed by atoms with E-state index in [1.165, 1.54) is 11.3 Å². The highest BCUT2D eigenvalue weighted by molar-refractivity contribution is 7.17. The molecule has 0 aliphatic rings. The number of thiophene rings is 1. The maximum atomic E-state index is 12.3. The van der Waals surface area contributed by atoms with E-state index in [0.29, 0.717) is 35.4 Å². The standard InChI is InChI=1S/C22H22N4O4S/c1-13-25-21(24-11-19(27)23-10-15-5-4-8-30-15)20-16(12-31-22(20)26-13)14-6-7-17(28-2)18(9-14)29-3/h4-9,12H,10-11H2,1-3H3,(H,23,27)(H,24,25,26). The summed E-state index contributed by atoms with van der Waals surface area (Å²) in [7, 11) is 3.21. The van der Waals surface area contributed by atoms with Crippen molar-refractivity contribution in [1.82, 2.24) is 15.3 Å². The number of anilines is 1. The highest BCUT2D eigenvalue weighted by Gasteiger charge is 2.17. The van der Waals surface area contributed by atoms with E-state index in [-0.39, 0.29) is 12.5 Å². The van der Waals surface area contributed by atoms with Gasteiger partial charge in [0.15, 0.2) is 11.5 Å². The Hall–Kier alpha value is -3.59. The molecule has 0 spiro atoms. The molecule has 31 heavy (non-hydrogen) atoms. The Morgan fingerprint density at radius 2 is 2.00 bits per heavy atom. The average Bonchev–Trinajstić information content (AvgIpc) is 3.45. The van der Waals surface area contributed by atoms with Crippen molar-refractivity contribution in [3.05, 3.63) is 53.6 Å². The molecule has 2 N–H and O–H groups in total. The summed E-state index contributed by atoms with van der Waals surface area (Å²) in [6.45, 7) is 2.24. The maximum absolute atomic E-state index is 12.3. The number of furan rings is 1. The minimum atomic E-state index is -0.163. The van der Waals surface area contributed by atoms with Gasteiger partial charge in [0.1, 0.15) is 22.2 Å². The lowest BCUT2D eigenvalue weighted by molar-refractivity contribution is -0.119. The number of fused-ring (bicyclic) bond motifs is 1. The van der Waals surface area contributed by atoms with Gasteiger partial charge in [0.05, 0.1) is 39.0 Å². The van der Waals surface area contributed by atoms with Crippen LogP contribution in [0.2, 0.25) is 0 Å². The summed E-state index contributed by atoms with van der Waals surface area (Å²) >= 11 is 1.53. The molecule has 0 radical (unpaired) electrons. The molecule has 0 aliphatic carbocycles. The molecule has 9 heteroatoms. The largest absolute Gasteiger partial charge is 0.493 e. The summed E-state index contributed by atoms with van der Waals surface area (Å²) in [5, 5.41) is 8.87. The number of nitrogens with zero attached hydrogens (tertiary/aromatic N) is 2. The molecule has 0 atom stereocenters. The first-order valence-electron chi connectivity index (χ1n) is 9.60. The molecule has 8 nitrogen and oxygen atoms in total. The molecule has 4 aromatic rings. The molecule has 3 heterocycles. The first kappa shape index (κ1) is 20.7. The number of hydrogen-bond donors (Lipinski definition) is 2. The van der Waals surface area contributed by atoms with E-state index < -0.39 is 0 Å². The van der Waals surface area contributed by atoms with Crippen LogP contribution >= 0.6 is 11.3 Å². The monoisotopic (exact) mass is 438 g/mol. The molecule has 1 amide bonds. The lowest BCUT2D eigenvalue weighted by Gasteiger charge is -2.11. The first-order valence-corrected chi connectivity index (χ1v) is 10.5. The van der Waals surface area contributed by atoms with Crippen LogP contribution < -0.4 is 20.1 Å². The molecule has 0 fully saturated rings. The number of benzene rings is 1. The lowest BCUT2D eigenvalue weighted by Crippen LogP contribution is -2.29. The number of amides is 1. The van der Waals surface area contributed by atoms with Gasteiger partial charge in [0.25, 0.3) is 0 Å². The fourth-order valence-corrected chi connectivity index (χ4v) is 4.21. The number of aryl methyl sites for hydroxylation is 1. The number of carbonyl (C=O) groups is 1. The highest BCUT2D eigenvalue weighted by atomic mass is 32.1. The Balaban J connectivity index is 1.60. The Kier molecular flexibility index (Phi) is 6.03. The van der Waals surface area contributed by atoms with Crippen LogP contribution in [0.3, 0.4) is 0 Å². The number of nitrogens with one attached hydrogen (secondary N) is 2. The van der Waals surface area contributed by atoms with E-state index >= 15 is 0 Å². The van der Waals surface area contributed by atoms with E-state index in [4.69, 9.17) is 13.9 Å². The van der Waals surface area contributed by atoms with Crippen LogP contribution in [0.5, 0.6) is 11.5 Å². The zero-order valence-corrected chi connectivity index (χ0v) is 18.2. The van der Waals surface area contributed by atoms with Crippen LogP contribution in [-0.2, 0) is 11.3 Å². The van der Waals surface area contributed by atoms with E-state index in [2.05, 4.69) is 20.6 Å². The summed E-state index contributed by atoms with van der Waals surface area (Å²) in [5.41, 5.74) is 1.90. The van der Waals surface area contributed by atoms with Gasteiger partial charge in [-0.1, -0.05) is 6.07 Å². The summed E-state index contributed by atoms with van der Waals surface area (Å²) in [4.78, 5) is 22.2. The van der Waals surface area contributed by atoms with Gasteiger partial charge in [-0.2, -0.15) is 0 Å². The molecule has 1 aromatic carbocycles. The zero-order chi connectivity index (χ0) is 21.8. The Bertz CT molecular complexity index is 1200. The fraction of sp³-hybridized carbons (Fsp3) is 0.227. The molecule has 0 aliphatic heterocycles. The minimum absolute atomic E-state index is 0.0769. The van der Waals surface area contributed by atoms with E-state index in [9.17, 15) is 4.79 Å². The number of methoxy groups -OCH3 is 2. The van der Waals surface area contributed by atoms with Crippen molar-refractivity contribution in [2.75, 3.05) is 26.1 Å². The van der Waals surface area contributed by atoms with Gasteiger partial charge in [0.2, 0.25) is 5.91 Å². The van der Waals surface area contributed by atoms with Crippen molar-refractivity contribution in [3.8, 4) is 22.6 Å². The minimum Gasteiger partial charge on any atom is -0.493 e. The molecule has 160 valence electrons. The van der Waals surface area contributed by atoms with Gasteiger partial charge >= 0.3 is 0 Å². The molecular weight excluding hydrogens is 416 g/mol. The topological polar surface area (TPSA) is 98.5 Å². The number of carbonyl (C=O) groups excluding carboxylic acids is 1. The Morgan fingerprint density at radius 1 is 1.16 bits per heavy atom. The molecule has 3 aromatic heterocycles. The maximum Gasteiger partial charge on any atom is 0.239 e. The second-order valence-corrected chi connectivity index (χ2v) is 7.59. The predicted octanol–water partition coefficient (Wildman–Crippen LogP) is 4.01. The normalized spacial score (nSPS) is 10.8. The summed E-state index contributed by atoms with van der Waals surface area (Å²) in [6, 6.07) is 9.34. The molecule has 4 rings (SSSR count). The SMILES string of the molecule is COc1ccc(-c2csc3nc(C)nc(NCC(=O)NCc4ccco4)c23)cc1OC. The zero-order valence-electron chi connectivity index (χ0n) is 17.4. The van der Waals surface area contributed by atoms with Crippen LogP contribution in [0.15, 0.2) is 46.4 Å². The van der Waals surface area contributed by atoms with Crippen LogP contribution in [0.25, 0.3) is 21.3 Å². The second-order valence-electron chi connectivity index (χ2n) is 6.73. The Morgan fingerprint density at radius 3 is 2.74 bits per heavy atom. The van der Waals surface area contributed by atoms with Crippen molar-refractivity contribution in [3.63, 3.8) is 0 Å². The number of aromatic nitrogens is 2. The van der Waals surface area contributed by atoms with Crippen LogP contribution in [0.1, 0.15) is 11.6 Å². The lowest BCUT2D eigenvalue weighted by atomic mass is 10.1. The molecule has 0 unspecified atom stereocenters. The smallest absolute Gasteiger partial charge is 0.239 e. The van der Waals surface area contributed by atoms with Crippen molar-refractivity contribution in [2.24, 2.45) is 0 Å². The molecular formula is C22H22N4O4S. The van der Waals surface area contributed by atoms with Gasteiger partial charge in [-0.25, -0.2) is 9.97 Å². The third-order valence-corrected chi connectivity index (χ3v) is 5.57. The van der Waals surface area contributed by atoms with E-state index in [1.807, 2.05) is 36.6 Å². The van der Waals surface area contributed by atoms with Crippen LogP contribution in [-0.4, -0.2) is 36.6 Å². The van der Waals surface area contributed by atoms with Crippen LogP contribution in [0.4, 0.5) is 5.82 Å². The van der Waals surface area contributed by atoms with E-state index in [1.54, 1.807) is 26.5 Å². The molecule has 0 saturated carbocycles. The predicted molar refractivity (Wildman–Crippen MR) is 120 cm³/mol. The molecule has 0 bridgehead atoms. The Labute approximate surface area is 183 Å². The van der Waals surface area contributed by atoms with Crippen molar-refractivity contribution in [2.45, 2.75) is 13.5 Å². The summed E-state index contributed by atoms with van der Waals surface area (Å²) < 4.78 is 16.0. The summed E-state index contributed by atoms with van der Waals surface area (Å²) in [5.74, 6) is 3.07. The van der Waals surface area contributed by atoms with Crippen molar-refractivity contribution >= 4 is 33.3 Å². The van der Waals surface area contributed by atoms with Crippen LogP contribution in [0, 0.1) is 6.92 Å². The van der Waals surface area contributed by atoms with Crippen molar-refractivity contribution in [1.29, 1.82) is 0 Å². The van der Waals surface area contributed by atoms with Gasteiger partial charge in [0, 0.05) is 10.9 Å². The van der Waals surface area contributed by atoms with E-state index in [0.717, 1.165) is 21.3 Å². The third kappa shape index (κ3) is 4.46. The van der Waals surface area contributed by atoms with Gasteiger partial charge < -0.3 is 24.5 Å². The number of ether oxygens (including phenoxy) is 2. The third-order valence-electron chi connectivity index (χ3n) is 4.70. The summed E-state index contributed by atoms with van der Waals surface area (Å²) in [6.07, 6.45) is 1.58. The average molecular weight is 439 g/mol. The number of rotatable bonds is 8. The van der Waals surface area contributed by atoms with Gasteiger partial charge in [-0.3, -0.25) is 4.79 Å². The quantitative estimate of drug-likeness (QED) is 0.429. The molecule has 0 saturated heterocycles.